The van der Waals surface area contributed by atoms with E-state index in [0.29, 0.717) is 6.54 Å². The van der Waals surface area contributed by atoms with Crippen molar-refractivity contribution in [1.29, 1.82) is 0 Å². The standard InChI is InChI=1S/C18H24FN5O2/c1-2-17(14-3-5-15(19)6-4-14)24-13-16(21-22-24)18(25)20-7-8-23-9-11-26-12-10-23/h3-6,13,17H,2,7-12H2,1H3,(H,20,25)/t17-/m1/s1. The zero-order chi connectivity index (χ0) is 18.4. The van der Waals surface area contributed by atoms with Gasteiger partial charge >= 0.3 is 0 Å². The summed E-state index contributed by atoms with van der Waals surface area (Å²) in [6, 6.07) is 6.22. The summed E-state index contributed by atoms with van der Waals surface area (Å²) in [7, 11) is 0. The van der Waals surface area contributed by atoms with Crippen molar-refractivity contribution in [2.75, 3.05) is 39.4 Å². The lowest BCUT2D eigenvalue weighted by Crippen LogP contribution is -2.41. The smallest absolute Gasteiger partial charge is 0.273 e. The largest absolute Gasteiger partial charge is 0.379 e. The van der Waals surface area contributed by atoms with Crippen LogP contribution >= 0.6 is 0 Å². The van der Waals surface area contributed by atoms with E-state index in [4.69, 9.17) is 4.74 Å². The van der Waals surface area contributed by atoms with Crippen molar-refractivity contribution < 1.29 is 13.9 Å². The van der Waals surface area contributed by atoms with Crippen molar-refractivity contribution >= 4 is 5.91 Å². The molecule has 140 valence electrons. The minimum Gasteiger partial charge on any atom is -0.379 e. The van der Waals surface area contributed by atoms with Crippen LogP contribution in [-0.2, 0) is 4.74 Å². The van der Waals surface area contributed by atoms with E-state index in [-0.39, 0.29) is 23.5 Å². The first-order valence-electron chi connectivity index (χ1n) is 8.93. The van der Waals surface area contributed by atoms with E-state index >= 15 is 0 Å². The van der Waals surface area contributed by atoms with Crippen molar-refractivity contribution in [1.82, 2.24) is 25.2 Å². The van der Waals surface area contributed by atoms with Gasteiger partial charge in [-0.3, -0.25) is 9.69 Å². The van der Waals surface area contributed by atoms with E-state index in [0.717, 1.165) is 44.8 Å². The van der Waals surface area contributed by atoms with Crippen LogP contribution < -0.4 is 5.32 Å². The summed E-state index contributed by atoms with van der Waals surface area (Å²) in [4.78, 5) is 14.5. The number of halogens is 1. The van der Waals surface area contributed by atoms with Crippen molar-refractivity contribution in [3.8, 4) is 0 Å². The first-order chi connectivity index (χ1) is 12.7. The molecular formula is C18H24FN5O2. The molecule has 1 amide bonds. The minimum absolute atomic E-state index is 0.0852. The predicted molar refractivity (Wildman–Crippen MR) is 94.4 cm³/mol. The van der Waals surface area contributed by atoms with Crippen molar-refractivity contribution in [3.63, 3.8) is 0 Å². The minimum atomic E-state index is -0.275. The molecule has 0 saturated carbocycles. The number of ether oxygens (including phenoxy) is 1. The maximum Gasteiger partial charge on any atom is 0.273 e. The fraction of sp³-hybridized carbons (Fsp3) is 0.500. The van der Waals surface area contributed by atoms with Crippen molar-refractivity contribution in [2.24, 2.45) is 0 Å². The first kappa shape index (κ1) is 18.5. The second kappa shape index (κ2) is 8.86. The number of benzene rings is 1. The number of aromatic nitrogens is 3. The molecule has 1 fully saturated rings. The summed E-state index contributed by atoms with van der Waals surface area (Å²) in [6.07, 6.45) is 2.40. The molecule has 0 unspecified atom stereocenters. The summed E-state index contributed by atoms with van der Waals surface area (Å²) in [5.41, 5.74) is 1.21. The normalized spacial score (nSPS) is 16.4. The van der Waals surface area contributed by atoms with Gasteiger partial charge in [-0.05, 0) is 24.1 Å². The molecule has 0 aliphatic carbocycles. The Labute approximate surface area is 152 Å². The molecule has 0 radical (unpaired) electrons. The van der Waals surface area contributed by atoms with Gasteiger partial charge in [0.25, 0.3) is 5.91 Å². The monoisotopic (exact) mass is 361 g/mol. The Morgan fingerprint density at radius 2 is 2.04 bits per heavy atom. The molecule has 0 bridgehead atoms. The zero-order valence-electron chi connectivity index (χ0n) is 14.9. The van der Waals surface area contributed by atoms with Crippen molar-refractivity contribution in [3.05, 3.63) is 47.5 Å². The number of hydrogen-bond acceptors (Lipinski definition) is 5. The van der Waals surface area contributed by atoms with Gasteiger partial charge in [-0.25, -0.2) is 9.07 Å². The van der Waals surface area contributed by atoms with Crippen LogP contribution in [0, 0.1) is 5.82 Å². The van der Waals surface area contributed by atoms with Crippen LogP contribution in [0.3, 0.4) is 0 Å². The molecule has 1 aromatic carbocycles. The van der Waals surface area contributed by atoms with Crippen LogP contribution in [0.2, 0.25) is 0 Å². The number of rotatable bonds is 7. The molecular weight excluding hydrogens is 337 g/mol. The van der Waals surface area contributed by atoms with Gasteiger partial charge in [-0.15, -0.1) is 5.10 Å². The zero-order valence-corrected chi connectivity index (χ0v) is 14.9. The highest BCUT2D eigenvalue weighted by Crippen LogP contribution is 2.21. The Morgan fingerprint density at radius 3 is 2.73 bits per heavy atom. The van der Waals surface area contributed by atoms with Crippen molar-refractivity contribution in [2.45, 2.75) is 19.4 Å². The van der Waals surface area contributed by atoms with Gasteiger partial charge in [0.15, 0.2) is 5.69 Å². The molecule has 1 atom stereocenters. The number of morpholine rings is 1. The molecule has 2 aromatic rings. The first-order valence-corrected chi connectivity index (χ1v) is 8.93. The summed E-state index contributed by atoms with van der Waals surface area (Å²) in [5.74, 6) is -0.513. The summed E-state index contributed by atoms with van der Waals surface area (Å²) in [5, 5.41) is 11.0. The molecule has 2 heterocycles. The lowest BCUT2D eigenvalue weighted by molar-refractivity contribution is 0.0383. The molecule has 1 aliphatic rings. The quantitative estimate of drug-likeness (QED) is 0.809. The van der Waals surface area contributed by atoms with Gasteiger partial charge in [-0.1, -0.05) is 24.3 Å². The van der Waals surface area contributed by atoms with Crippen LogP contribution in [0.15, 0.2) is 30.5 Å². The molecule has 1 saturated heterocycles. The second-order valence-electron chi connectivity index (χ2n) is 6.27. The predicted octanol–water partition coefficient (Wildman–Crippen LogP) is 1.48. The van der Waals surface area contributed by atoms with Crippen LogP contribution in [-0.4, -0.2) is 65.2 Å². The maximum atomic E-state index is 13.1. The third-order valence-corrected chi connectivity index (χ3v) is 4.52. The third-order valence-electron chi connectivity index (χ3n) is 4.52. The molecule has 0 spiro atoms. The lowest BCUT2D eigenvalue weighted by Gasteiger charge is -2.26. The Morgan fingerprint density at radius 1 is 1.31 bits per heavy atom. The van der Waals surface area contributed by atoms with E-state index in [1.54, 1.807) is 23.0 Å². The van der Waals surface area contributed by atoms with Gasteiger partial charge in [0.05, 0.1) is 25.5 Å². The molecule has 3 rings (SSSR count). The average Bonchev–Trinajstić information content (AvgIpc) is 3.15. The molecule has 7 nitrogen and oxygen atoms in total. The highest BCUT2D eigenvalue weighted by Gasteiger charge is 2.17. The number of nitrogens with zero attached hydrogens (tertiary/aromatic N) is 4. The Kier molecular flexibility index (Phi) is 6.30. The van der Waals surface area contributed by atoms with Gasteiger partial charge in [0.1, 0.15) is 5.82 Å². The summed E-state index contributed by atoms with van der Waals surface area (Å²) >= 11 is 0. The fourth-order valence-electron chi connectivity index (χ4n) is 3.04. The molecule has 8 heteroatoms. The Hall–Kier alpha value is -2.32. The highest BCUT2D eigenvalue weighted by molar-refractivity contribution is 5.91. The maximum absolute atomic E-state index is 13.1. The van der Waals surface area contributed by atoms with E-state index in [2.05, 4.69) is 20.5 Å². The Balaban J connectivity index is 1.57. The third kappa shape index (κ3) is 4.64. The second-order valence-corrected chi connectivity index (χ2v) is 6.27. The lowest BCUT2D eigenvalue weighted by atomic mass is 10.0. The number of carbonyl (C=O) groups excluding carboxylic acids is 1. The van der Waals surface area contributed by atoms with Gasteiger partial charge in [0, 0.05) is 26.2 Å². The molecule has 1 aromatic heterocycles. The van der Waals surface area contributed by atoms with Crippen LogP contribution in [0.1, 0.15) is 35.4 Å². The molecule has 1 N–H and O–H groups in total. The van der Waals surface area contributed by atoms with Crippen LogP contribution in [0.25, 0.3) is 0 Å². The highest BCUT2D eigenvalue weighted by atomic mass is 19.1. The Bertz CT molecular complexity index is 713. The topological polar surface area (TPSA) is 72.3 Å². The van der Waals surface area contributed by atoms with Crippen LogP contribution in [0.5, 0.6) is 0 Å². The van der Waals surface area contributed by atoms with Gasteiger partial charge < -0.3 is 10.1 Å². The average molecular weight is 361 g/mol. The SMILES string of the molecule is CC[C@H](c1ccc(F)cc1)n1cc(C(=O)NCCN2CCOCC2)nn1. The van der Waals surface area contributed by atoms with E-state index < -0.39 is 0 Å². The molecule has 26 heavy (non-hydrogen) atoms. The van der Waals surface area contributed by atoms with E-state index in [1.165, 1.54) is 12.1 Å². The number of carbonyl (C=O) groups is 1. The number of amides is 1. The number of nitrogens with one attached hydrogen (secondary N) is 1. The van der Waals surface area contributed by atoms with Crippen LogP contribution in [0.4, 0.5) is 4.39 Å². The van der Waals surface area contributed by atoms with E-state index in [9.17, 15) is 9.18 Å². The van der Waals surface area contributed by atoms with Gasteiger partial charge in [0.2, 0.25) is 0 Å². The number of hydrogen-bond donors (Lipinski definition) is 1. The van der Waals surface area contributed by atoms with Gasteiger partial charge in [-0.2, -0.15) is 0 Å². The van der Waals surface area contributed by atoms with E-state index in [1.807, 2.05) is 6.92 Å². The fourth-order valence-corrected chi connectivity index (χ4v) is 3.04. The molecule has 1 aliphatic heterocycles. The summed E-state index contributed by atoms with van der Waals surface area (Å²) < 4.78 is 20.1. The summed E-state index contributed by atoms with van der Waals surface area (Å²) in [6.45, 7) is 6.62.